The lowest BCUT2D eigenvalue weighted by Gasteiger charge is -2.33. The molecule has 0 aromatic carbocycles. The monoisotopic (exact) mass is 282 g/mol. The summed E-state index contributed by atoms with van der Waals surface area (Å²) in [5.41, 5.74) is 0. The van der Waals surface area contributed by atoms with Crippen LogP contribution in [0.1, 0.15) is 52.4 Å². The van der Waals surface area contributed by atoms with E-state index in [1.54, 1.807) is 0 Å². The summed E-state index contributed by atoms with van der Waals surface area (Å²) in [6, 6.07) is 1.40. The van der Waals surface area contributed by atoms with Crippen LogP contribution in [0.4, 0.5) is 0 Å². The van der Waals surface area contributed by atoms with Gasteiger partial charge in [0.1, 0.15) is 0 Å². The Hall–Kier alpha value is -0.160. The highest BCUT2D eigenvalue weighted by Gasteiger charge is 2.36. The summed E-state index contributed by atoms with van der Waals surface area (Å²) < 4.78 is 11.5. The fraction of sp³-hybridized carbons (Fsp3) is 1.00. The summed E-state index contributed by atoms with van der Waals surface area (Å²) in [7, 11) is 0. The molecule has 2 aliphatic heterocycles. The van der Waals surface area contributed by atoms with Crippen molar-refractivity contribution < 1.29 is 9.47 Å². The number of piperidine rings is 1. The van der Waals surface area contributed by atoms with Crippen molar-refractivity contribution in [1.29, 1.82) is 0 Å². The van der Waals surface area contributed by atoms with E-state index in [1.165, 1.54) is 45.1 Å². The van der Waals surface area contributed by atoms with Gasteiger partial charge in [-0.15, -0.1) is 0 Å². The maximum atomic E-state index is 5.89. The summed E-state index contributed by atoms with van der Waals surface area (Å²) in [6.45, 7) is 6.85. The quantitative estimate of drug-likeness (QED) is 0.828. The minimum Gasteiger partial charge on any atom is -0.348 e. The standard InChI is InChI=1S/C16H30N2O2/c1-16(2)19-11-12(20-16)10-18-15-8-5-6-13(15)14-7-3-4-9-17-14/h12-15,17-18H,3-11H2,1-2H3. The molecule has 1 aliphatic carbocycles. The summed E-state index contributed by atoms with van der Waals surface area (Å²) in [6.07, 6.45) is 8.39. The van der Waals surface area contributed by atoms with Crippen LogP contribution in [-0.2, 0) is 9.47 Å². The average molecular weight is 282 g/mol. The van der Waals surface area contributed by atoms with Crippen molar-refractivity contribution in [3.8, 4) is 0 Å². The summed E-state index contributed by atoms with van der Waals surface area (Å²) in [5.74, 6) is 0.414. The first-order valence-electron chi connectivity index (χ1n) is 8.42. The van der Waals surface area contributed by atoms with Gasteiger partial charge in [0, 0.05) is 18.6 Å². The third kappa shape index (κ3) is 3.53. The lowest BCUT2D eigenvalue weighted by Crippen LogP contribution is -2.48. The topological polar surface area (TPSA) is 42.5 Å². The van der Waals surface area contributed by atoms with E-state index in [1.807, 2.05) is 13.8 Å². The number of hydrogen-bond donors (Lipinski definition) is 2. The van der Waals surface area contributed by atoms with Crippen molar-refractivity contribution in [3.63, 3.8) is 0 Å². The Kier molecular flexibility index (Phi) is 4.65. The van der Waals surface area contributed by atoms with Crippen LogP contribution < -0.4 is 10.6 Å². The predicted molar refractivity (Wildman–Crippen MR) is 79.7 cm³/mol. The van der Waals surface area contributed by atoms with Crippen molar-refractivity contribution in [3.05, 3.63) is 0 Å². The summed E-state index contributed by atoms with van der Waals surface area (Å²) >= 11 is 0. The molecule has 4 unspecified atom stereocenters. The Morgan fingerprint density at radius 3 is 2.75 bits per heavy atom. The molecule has 4 heteroatoms. The van der Waals surface area contributed by atoms with E-state index < -0.39 is 5.79 Å². The molecule has 0 spiro atoms. The van der Waals surface area contributed by atoms with Gasteiger partial charge in [-0.3, -0.25) is 0 Å². The molecule has 0 aromatic rings. The first kappa shape index (κ1) is 14.8. The van der Waals surface area contributed by atoms with Gasteiger partial charge in [0.25, 0.3) is 0 Å². The van der Waals surface area contributed by atoms with E-state index in [9.17, 15) is 0 Å². The molecule has 20 heavy (non-hydrogen) atoms. The van der Waals surface area contributed by atoms with Crippen LogP contribution in [0, 0.1) is 5.92 Å². The average Bonchev–Trinajstić information content (AvgIpc) is 3.03. The molecule has 0 radical (unpaired) electrons. The van der Waals surface area contributed by atoms with E-state index in [4.69, 9.17) is 9.47 Å². The Morgan fingerprint density at radius 2 is 2.05 bits per heavy atom. The van der Waals surface area contributed by atoms with Crippen molar-refractivity contribution in [2.45, 2.75) is 76.3 Å². The van der Waals surface area contributed by atoms with Gasteiger partial charge in [0.2, 0.25) is 0 Å². The zero-order valence-corrected chi connectivity index (χ0v) is 13.0. The van der Waals surface area contributed by atoms with E-state index in [0.717, 1.165) is 25.1 Å². The second-order valence-corrected chi connectivity index (χ2v) is 7.12. The Labute approximate surface area is 123 Å². The van der Waals surface area contributed by atoms with Crippen LogP contribution in [0.25, 0.3) is 0 Å². The third-order valence-electron chi connectivity index (χ3n) is 5.11. The fourth-order valence-corrected chi connectivity index (χ4v) is 4.11. The van der Waals surface area contributed by atoms with Crippen LogP contribution >= 0.6 is 0 Å². The summed E-state index contributed by atoms with van der Waals surface area (Å²) in [4.78, 5) is 0. The van der Waals surface area contributed by atoms with Crippen molar-refractivity contribution in [2.24, 2.45) is 5.92 Å². The van der Waals surface area contributed by atoms with Crippen molar-refractivity contribution in [2.75, 3.05) is 19.7 Å². The van der Waals surface area contributed by atoms with E-state index in [2.05, 4.69) is 10.6 Å². The largest absolute Gasteiger partial charge is 0.348 e. The Balaban J connectivity index is 1.46. The predicted octanol–water partition coefficient (Wildman–Crippen LogP) is 2.04. The molecule has 1 saturated carbocycles. The molecule has 116 valence electrons. The number of rotatable bonds is 4. The maximum absolute atomic E-state index is 5.89. The Bertz CT molecular complexity index is 316. The van der Waals surface area contributed by atoms with Gasteiger partial charge >= 0.3 is 0 Å². The molecule has 2 N–H and O–H groups in total. The molecule has 3 rings (SSSR count). The van der Waals surface area contributed by atoms with E-state index >= 15 is 0 Å². The second-order valence-electron chi connectivity index (χ2n) is 7.12. The maximum Gasteiger partial charge on any atom is 0.163 e. The highest BCUT2D eigenvalue weighted by atomic mass is 16.7. The minimum absolute atomic E-state index is 0.213. The fourth-order valence-electron chi connectivity index (χ4n) is 4.11. The van der Waals surface area contributed by atoms with Gasteiger partial charge in [-0.25, -0.2) is 0 Å². The van der Waals surface area contributed by atoms with Crippen LogP contribution in [0.15, 0.2) is 0 Å². The third-order valence-corrected chi connectivity index (χ3v) is 5.11. The van der Waals surface area contributed by atoms with Crippen LogP contribution in [-0.4, -0.2) is 43.7 Å². The molecule has 0 amide bonds. The lowest BCUT2D eigenvalue weighted by molar-refractivity contribution is -0.138. The molecule has 3 fully saturated rings. The first-order chi connectivity index (χ1) is 9.64. The Morgan fingerprint density at radius 1 is 1.15 bits per heavy atom. The highest BCUT2D eigenvalue weighted by molar-refractivity contribution is 4.92. The molecular weight excluding hydrogens is 252 g/mol. The van der Waals surface area contributed by atoms with Crippen LogP contribution in [0.3, 0.4) is 0 Å². The normalized spacial score (nSPS) is 41.1. The molecular formula is C16H30N2O2. The molecule has 0 aromatic heterocycles. The molecule has 4 atom stereocenters. The van der Waals surface area contributed by atoms with E-state index in [0.29, 0.717) is 6.04 Å². The SMILES string of the molecule is CC1(C)OCC(CNC2CCCC2C2CCCCN2)O1. The first-order valence-corrected chi connectivity index (χ1v) is 8.42. The second kappa shape index (κ2) is 6.30. The van der Waals surface area contributed by atoms with Crippen molar-refractivity contribution in [1.82, 2.24) is 10.6 Å². The van der Waals surface area contributed by atoms with Gasteiger partial charge in [0.05, 0.1) is 12.7 Å². The van der Waals surface area contributed by atoms with Gasteiger partial charge in [0.15, 0.2) is 5.79 Å². The molecule has 4 nitrogen and oxygen atoms in total. The molecule has 0 bridgehead atoms. The lowest BCUT2D eigenvalue weighted by atomic mass is 9.88. The smallest absolute Gasteiger partial charge is 0.163 e. The number of nitrogens with one attached hydrogen (secondary N) is 2. The molecule has 2 heterocycles. The molecule has 3 aliphatic rings. The minimum atomic E-state index is -0.396. The van der Waals surface area contributed by atoms with Crippen LogP contribution in [0.5, 0.6) is 0 Å². The summed E-state index contributed by atoms with van der Waals surface area (Å²) in [5, 5.41) is 7.50. The van der Waals surface area contributed by atoms with Crippen molar-refractivity contribution >= 4 is 0 Å². The number of hydrogen-bond acceptors (Lipinski definition) is 4. The van der Waals surface area contributed by atoms with E-state index in [-0.39, 0.29) is 6.10 Å². The molecule has 2 saturated heterocycles. The van der Waals surface area contributed by atoms with Gasteiger partial charge in [-0.2, -0.15) is 0 Å². The zero-order valence-electron chi connectivity index (χ0n) is 13.0. The van der Waals surface area contributed by atoms with Crippen LogP contribution in [0.2, 0.25) is 0 Å². The highest BCUT2D eigenvalue weighted by Crippen LogP contribution is 2.32. The van der Waals surface area contributed by atoms with Gasteiger partial charge < -0.3 is 20.1 Å². The number of ether oxygens (including phenoxy) is 2. The van der Waals surface area contributed by atoms with Gasteiger partial charge in [-0.05, 0) is 52.0 Å². The zero-order chi connectivity index (χ0) is 14.0. The van der Waals surface area contributed by atoms with Gasteiger partial charge in [-0.1, -0.05) is 12.8 Å².